The molecule has 26 heavy (non-hydrogen) atoms. The molecular weight excluding hydrogens is 346 g/mol. The zero-order valence-electron chi connectivity index (χ0n) is 14.7. The standard InChI is InChI=1S/C21H21NO3S/c1-2-25-20-11-12-21(19-10-6-5-9-18(19)20)26(23,24)22-14-13-16-7-3-4-8-17(16)15-22/h3-12H,2,13-15H2,1H3. The highest BCUT2D eigenvalue weighted by molar-refractivity contribution is 7.89. The summed E-state index contributed by atoms with van der Waals surface area (Å²) in [6.07, 6.45) is 0.740. The van der Waals surface area contributed by atoms with E-state index in [1.807, 2.05) is 49.4 Å². The third kappa shape index (κ3) is 2.87. The number of nitrogens with zero attached hydrogens (tertiary/aromatic N) is 1. The smallest absolute Gasteiger partial charge is 0.244 e. The predicted octanol–water partition coefficient (Wildman–Crippen LogP) is 3.99. The Morgan fingerprint density at radius 2 is 1.62 bits per heavy atom. The highest BCUT2D eigenvalue weighted by Gasteiger charge is 2.29. The summed E-state index contributed by atoms with van der Waals surface area (Å²) in [5.41, 5.74) is 2.31. The number of benzene rings is 3. The molecule has 0 spiro atoms. The minimum Gasteiger partial charge on any atom is -0.493 e. The number of fused-ring (bicyclic) bond motifs is 2. The second-order valence-electron chi connectivity index (χ2n) is 6.40. The summed E-state index contributed by atoms with van der Waals surface area (Å²) in [5.74, 6) is 0.714. The van der Waals surface area contributed by atoms with Crippen molar-refractivity contribution in [3.8, 4) is 5.75 Å². The Balaban J connectivity index is 1.79. The molecule has 3 aromatic carbocycles. The van der Waals surface area contributed by atoms with Crippen molar-refractivity contribution < 1.29 is 13.2 Å². The van der Waals surface area contributed by atoms with E-state index in [2.05, 4.69) is 6.07 Å². The van der Waals surface area contributed by atoms with Crippen molar-refractivity contribution in [1.29, 1.82) is 0 Å². The molecule has 0 fully saturated rings. The summed E-state index contributed by atoms with van der Waals surface area (Å²) in [4.78, 5) is 0.343. The van der Waals surface area contributed by atoms with Gasteiger partial charge in [0.05, 0.1) is 11.5 Å². The van der Waals surface area contributed by atoms with Crippen LogP contribution in [0.25, 0.3) is 10.8 Å². The molecule has 3 aromatic rings. The van der Waals surface area contributed by atoms with Crippen LogP contribution in [0, 0.1) is 0 Å². The fraction of sp³-hybridized carbons (Fsp3) is 0.238. The molecular formula is C21H21NO3S. The minimum absolute atomic E-state index is 0.343. The fourth-order valence-electron chi connectivity index (χ4n) is 3.56. The van der Waals surface area contributed by atoms with Gasteiger partial charge < -0.3 is 4.74 Å². The highest BCUT2D eigenvalue weighted by atomic mass is 32.2. The van der Waals surface area contributed by atoms with Crippen LogP contribution in [-0.4, -0.2) is 25.9 Å². The molecule has 4 nitrogen and oxygen atoms in total. The SMILES string of the molecule is CCOc1ccc(S(=O)(=O)N2CCc3ccccc3C2)c2ccccc12. The van der Waals surface area contributed by atoms with E-state index >= 15 is 0 Å². The van der Waals surface area contributed by atoms with Crippen LogP contribution in [-0.2, 0) is 23.0 Å². The lowest BCUT2D eigenvalue weighted by molar-refractivity contribution is 0.344. The monoisotopic (exact) mass is 367 g/mol. The van der Waals surface area contributed by atoms with Gasteiger partial charge in [0.15, 0.2) is 0 Å². The van der Waals surface area contributed by atoms with Gasteiger partial charge in [-0.05, 0) is 36.6 Å². The number of rotatable bonds is 4. The molecule has 1 aliphatic heterocycles. The molecule has 0 unspecified atom stereocenters. The summed E-state index contributed by atoms with van der Waals surface area (Å²) in [7, 11) is -3.59. The summed E-state index contributed by atoms with van der Waals surface area (Å²) in [6, 6.07) is 19.0. The minimum atomic E-state index is -3.59. The van der Waals surface area contributed by atoms with Crippen LogP contribution in [0.3, 0.4) is 0 Å². The molecule has 0 radical (unpaired) electrons. The van der Waals surface area contributed by atoms with E-state index in [0.29, 0.717) is 35.7 Å². The lowest BCUT2D eigenvalue weighted by Gasteiger charge is -2.28. The first kappa shape index (κ1) is 17.1. The third-order valence-corrected chi connectivity index (χ3v) is 6.76. The van der Waals surface area contributed by atoms with Crippen molar-refractivity contribution in [2.75, 3.05) is 13.2 Å². The van der Waals surface area contributed by atoms with Gasteiger partial charge in [0.2, 0.25) is 10.0 Å². The first-order chi connectivity index (χ1) is 12.6. The van der Waals surface area contributed by atoms with E-state index in [1.165, 1.54) is 5.56 Å². The van der Waals surface area contributed by atoms with E-state index in [0.717, 1.165) is 17.4 Å². The number of hydrogen-bond acceptors (Lipinski definition) is 3. The summed E-state index contributed by atoms with van der Waals surface area (Å²) in [5, 5.41) is 1.53. The molecule has 0 bridgehead atoms. The Labute approximate surface area is 154 Å². The zero-order valence-corrected chi connectivity index (χ0v) is 15.5. The molecule has 1 heterocycles. The average molecular weight is 367 g/mol. The molecule has 134 valence electrons. The third-order valence-electron chi connectivity index (χ3n) is 4.86. The number of sulfonamides is 1. The predicted molar refractivity (Wildman–Crippen MR) is 103 cm³/mol. The highest BCUT2D eigenvalue weighted by Crippen LogP contribution is 2.34. The van der Waals surface area contributed by atoms with E-state index in [9.17, 15) is 8.42 Å². The second-order valence-corrected chi connectivity index (χ2v) is 8.30. The molecule has 1 aliphatic rings. The Morgan fingerprint density at radius 3 is 2.38 bits per heavy atom. The largest absolute Gasteiger partial charge is 0.493 e. The summed E-state index contributed by atoms with van der Waals surface area (Å²) < 4.78 is 34.0. The quantitative estimate of drug-likeness (QED) is 0.701. The van der Waals surface area contributed by atoms with Crippen molar-refractivity contribution in [3.63, 3.8) is 0 Å². The van der Waals surface area contributed by atoms with E-state index in [4.69, 9.17) is 4.74 Å². The topological polar surface area (TPSA) is 46.6 Å². The zero-order chi connectivity index (χ0) is 18.1. The summed E-state index contributed by atoms with van der Waals surface area (Å²) >= 11 is 0. The Morgan fingerprint density at radius 1 is 0.923 bits per heavy atom. The maximum absolute atomic E-state index is 13.4. The van der Waals surface area contributed by atoms with Crippen molar-refractivity contribution in [1.82, 2.24) is 4.31 Å². The molecule has 5 heteroatoms. The van der Waals surface area contributed by atoms with Crippen LogP contribution in [0.2, 0.25) is 0 Å². The van der Waals surface area contributed by atoms with Crippen molar-refractivity contribution in [2.45, 2.75) is 24.8 Å². The first-order valence-electron chi connectivity index (χ1n) is 8.82. The maximum Gasteiger partial charge on any atom is 0.244 e. The van der Waals surface area contributed by atoms with Crippen molar-refractivity contribution in [3.05, 3.63) is 71.8 Å². The summed E-state index contributed by atoms with van der Waals surface area (Å²) in [6.45, 7) is 3.38. The van der Waals surface area contributed by atoms with Crippen LogP contribution < -0.4 is 4.74 Å². The van der Waals surface area contributed by atoms with Gasteiger partial charge in [0, 0.05) is 23.9 Å². The normalized spacial score (nSPS) is 15.0. The van der Waals surface area contributed by atoms with E-state index in [-0.39, 0.29) is 0 Å². The molecule has 0 aliphatic carbocycles. The molecule has 0 amide bonds. The molecule has 0 saturated heterocycles. The lowest BCUT2D eigenvalue weighted by Crippen LogP contribution is -2.36. The van der Waals surface area contributed by atoms with E-state index in [1.54, 1.807) is 16.4 Å². The Bertz CT molecular complexity index is 1060. The Kier molecular flexibility index (Phi) is 4.42. The van der Waals surface area contributed by atoms with Gasteiger partial charge in [-0.2, -0.15) is 4.31 Å². The fourth-order valence-corrected chi connectivity index (χ4v) is 5.18. The molecule has 0 aromatic heterocycles. The number of ether oxygens (including phenoxy) is 1. The Hall–Kier alpha value is -2.37. The van der Waals surface area contributed by atoms with Crippen LogP contribution in [0.5, 0.6) is 5.75 Å². The van der Waals surface area contributed by atoms with Crippen LogP contribution in [0.15, 0.2) is 65.6 Å². The molecule has 0 saturated carbocycles. The van der Waals surface area contributed by atoms with Gasteiger partial charge in [0.25, 0.3) is 0 Å². The van der Waals surface area contributed by atoms with Crippen molar-refractivity contribution in [2.24, 2.45) is 0 Å². The van der Waals surface area contributed by atoms with Gasteiger partial charge in [0.1, 0.15) is 5.75 Å². The van der Waals surface area contributed by atoms with Crippen LogP contribution >= 0.6 is 0 Å². The first-order valence-corrected chi connectivity index (χ1v) is 10.3. The lowest BCUT2D eigenvalue weighted by atomic mass is 10.0. The second kappa shape index (κ2) is 6.74. The number of hydrogen-bond donors (Lipinski definition) is 0. The van der Waals surface area contributed by atoms with Crippen LogP contribution in [0.4, 0.5) is 0 Å². The average Bonchev–Trinajstić information content (AvgIpc) is 2.68. The van der Waals surface area contributed by atoms with Gasteiger partial charge >= 0.3 is 0 Å². The van der Waals surface area contributed by atoms with E-state index < -0.39 is 10.0 Å². The van der Waals surface area contributed by atoms with Crippen LogP contribution in [0.1, 0.15) is 18.1 Å². The molecule has 0 N–H and O–H groups in total. The molecule has 0 atom stereocenters. The van der Waals surface area contributed by atoms with Crippen molar-refractivity contribution >= 4 is 20.8 Å². The van der Waals surface area contributed by atoms with Gasteiger partial charge in [-0.25, -0.2) is 8.42 Å². The van der Waals surface area contributed by atoms with Gasteiger partial charge in [-0.3, -0.25) is 0 Å². The molecule has 4 rings (SSSR count). The van der Waals surface area contributed by atoms with Gasteiger partial charge in [-0.1, -0.05) is 48.5 Å². The van der Waals surface area contributed by atoms with Gasteiger partial charge in [-0.15, -0.1) is 0 Å². The maximum atomic E-state index is 13.4.